The number of nitrogens with two attached hydrogens (primary N) is 1. The fourth-order valence-corrected chi connectivity index (χ4v) is 3.55. The Kier molecular flexibility index (Phi) is 14.7. The standard InChI is InChI=1S/C29H42N4O7/c1-20(2)32-26(34)19-39-16-15-38-14-13-31-28(36)21(3)33-29(37)27(35)25(30)17-22-9-11-24(12-10-22)40-18-23-7-5-4-6-8-23/h4-12,20-21,25,27,35H,13-19,30H2,1-3H3,(H,31,36)(H,32,34)(H,33,37)/t21-,25+,27-/m0/s1. The molecule has 11 nitrogen and oxygen atoms in total. The number of amides is 3. The van der Waals surface area contributed by atoms with Crippen molar-refractivity contribution in [2.75, 3.05) is 33.0 Å². The van der Waals surface area contributed by atoms with E-state index in [1.165, 1.54) is 6.92 Å². The van der Waals surface area contributed by atoms with Crippen LogP contribution in [-0.4, -0.2) is 80.0 Å². The second-order valence-corrected chi connectivity index (χ2v) is 9.64. The van der Waals surface area contributed by atoms with Crippen LogP contribution in [0, 0.1) is 0 Å². The summed E-state index contributed by atoms with van der Waals surface area (Å²) in [6.45, 7) is 6.62. The predicted molar refractivity (Wildman–Crippen MR) is 150 cm³/mol. The van der Waals surface area contributed by atoms with E-state index >= 15 is 0 Å². The summed E-state index contributed by atoms with van der Waals surface area (Å²) < 4.78 is 16.3. The maximum atomic E-state index is 12.4. The third kappa shape index (κ3) is 13.0. The molecule has 0 aromatic heterocycles. The average molecular weight is 559 g/mol. The number of rotatable bonds is 18. The van der Waals surface area contributed by atoms with Crippen LogP contribution in [0.15, 0.2) is 54.6 Å². The van der Waals surface area contributed by atoms with Crippen molar-refractivity contribution in [1.29, 1.82) is 0 Å². The van der Waals surface area contributed by atoms with Crippen molar-refractivity contribution in [3.05, 3.63) is 65.7 Å². The fourth-order valence-electron chi connectivity index (χ4n) is 3.55. The predicted octanol–water partition coefficient (Wildman–Crippen LogP) is 0.675. The maximum absolute atomic E-state index is 12.4. The summed E-state index contributed by atoms with van der Waals surface area (Å²) in [6.07, 6.45) is -1.23. The molecule has 11 heteroatoms. The van der Waals surface area contributed by atoms with Gasteiger partial charge in [0.05, 0.1) is 19.8 Å². The minimum Gasteiger partial charge on any atom is -0.489 e. The molecule has 0 saturated heterocycles. The first kappa shape index (κ1) is 32.7. The molecule has 2 rings (SSSR count). The van der Waals surface area contributed by atoms with Crippen molar-refractivity contribution >= 4 is 17.7 Å². The molecule has 6 N–H and O–H groups in total. The van der Waals surface area contributed by atoms with E-state index in [4.69, 9.17) is 19.9 Å². The smallest absolute Gasteiger partial charge is 0.251 e. The van der Waals surface area contributed by atoms with Gasteiger partial charge in [-0.2, -0.15) is 0 Å². The van der Waals surface area contributed by atoms with Crippen LogP contribution >= 0.6 is 0 Å². The largest absolute Gasteiger partial charge is 0.489 e. The van der Waals surface area contributed by atoms with E-state index in [0.29, 0.717) is 12.4 Å². The zero-order chi connectivity index (χ0) is 29.3. The highest BCUT2D eigenvalue weighted by atomic mass is 16.5. The van der Waals surface area contributed by atoms with Gasteiger partial charge in [0.2, 0.25) is 11.8 Å². The molecule has 0 aliphatic rings. The SMILES string of the molecule is CC(C)NC(=O)COCCOCCNC(=O)[C@H](C)NC(=O)[C@@H](O)[C@H](N)Cc1ccc(OCc2ccccc2)cc1. The van der Waals surface area contributed by atoms with E-state index in [9.17, 15) is 19.5 Å². The van der Waals surface area contributed by atoms with E-state index in [2.05, 4.69) is 16.0 Å². The lowest BCUT2D eigenvalue weighted by Crippen LogP contribution is -2.53. The van der Waals surface area contributed by atoms with E-state index in [-0.39, 0.29) is 51.3 Å². The van der Waals surface area contributed by atoms with Crippen LogP contribution in [0.25, 0.3) is 0 Å². The molecule has 0 spiro atoms. The Morgan fingerprint density at radius 3 is 2.20 bits per heavy atom. The molecule has 40 heavy (non-hydrogen) atoms. The first-order valence-corrected chi connectivity index (χ1v) is 13.4. The Balaban J connectivity index is 1.61. The normalized spacial score (nSPS) is 13.2. The van der Waals surface area contributed by atoms with Gasteiger partial charge in [0.25, 0.3) is 5.91 Å². The molecule has 3 atom stereocenters. The molecule has 0 heterocycles. The molecule has 2 aromatic carbocycles. The second kappa shape index (κ2) is 18.0. The van der Waals surface area contributed by atoms with Crippen molar-refractivity contribution in [3.8, 4) is 5.75 Å². The zero-order valence-corrected chi connectivity index (χ0v) is 23.4. The lowest BCUT2D eigenvalue weighted by Gasteiger charge is -2.21. The summed E-state index contributed by atoms with van der Waals surface area (Å²) in [4.78, 5) is 36.2. The van der Waals surface area contributed by atoms with Crippen molar-refractivity contribution in [3.63, 3.8) is 0 Å². The molecule has 0 aliphatic carbocycles. The van der Waals surface area contributed by atoms with Gasteiger partial charge in [0, 0.05) is 18.6 Å². The molecular weight excluding hydrogens is 516 g/mol. The van der Waals surface area contributed by atoms with Gasteiger partial charge >= 0.3 is 0 Å². The Morgan fingerprint density at radius 2 is 1.52 bits per heavy atom. The zero-order valence-electron chi connectivity index (χ0n) is 23.4. The van der Waals surface area contributed by atoms with Gasteiger partial charge in [-0.25, -0.2) is 0 Å². The molecular formula is C29H42N4O7. The van der Waals surface area contributed by atoms with Crippen LogP contribution in [0.2, 0.25) is 0 Å². The van der Waals surface area contributed by atoms with Crippen molar-refractivity contribution in [1.82, 2.24) is 16.0 Å². The minimum absolute atomic E-state index is 0.0403. The van der Waals surface area contributed by atoms with Crippen molar-refractivity contribution in [2.45, 2.75) is 58.0 Å². The topological polar surface area (TPSA) is 161 Å². The monoisotopic (exact) mass is 558 g/mol. The summed E-state index contributed by atoms with van der Waals surface area (Å²) in [7, 11) is 0. The van der Waals surface area contributed by atoms with Crippen LogP contribution in [0.1, 0.15) is 31.9 Å². The Hall–Kier alpha value is -3.51. The molecule has 0 saturated carbocycles. The van der Waals surface area contributed by atoms with Crippen LogP contribution in [0.5, 0.6) is 5.75 Å². The van der Waals surface area contributed by atoms with E-state index in [1.807, 2.05) is 68.4 Å². The quantitative estimate of drug-likeness (QED) is 0.167. The number of hydrogen-bond acceptors (Lipinski definition) is 8. The van der Waals surface area contributed by atoms with Crippen LogP contribution in [-0.2, 0) is 36.9 Å². The number of carbonyl (C=O) groups excluding carboxylic acids is 3. The minimum atomic E-state index is -1.49. The van der Waals surface area contributed by atoms with Crippen LogP contribution in [0.4, 0.5) is 0 Å². The number of benzene rings is 2. The van der Waals surface area contributed by atoms with Crippen molar-refractivity contribution in [2.24, 2.45) is 5.73 Å². The third-order valence-electron chi connectivity index (χ3n) is 5.67. The van der Waals surface area contributed by atoms with Gasteiger partial charge in [0.15, 0.2) is 0 Å². The maximum Gasteiger partial charge on any atom is 0.251 e. The molecule has 220 valence electrons. The Bertz CT molecular complexity index is 1030. The first-order valence-electron chi connectivity index (χ1n) is 13.4. The molecule has 2 aromatic rings. The number of nitrogens with one attached hydrogen (secondary N) is 3. The molecule has 0 fully saturated rings. The third-order valence-corrected chi connectivity index (χ3v) is 5.67. The van der Waals surface area contributed by atoms with E-state index < -0.39 is 30.0 Å². The number of aliphatic hydroxyl groups is 1. The van der Waals surface area contributed by atoms with Crippen LogP contribution in [0.3, 0.4) is 0 Å². The molecule has 0 bridgehead atoms. The number of aliphatic hydroxyl groups excluding tert-OH is 1. The Labute approximate surface area is 235 Å². The summed E-state index contributed by atoms with van der Waals surface area (Å²) in [5.74, 6) is -0.647. The Morgan fingerprint density at radius 1 is 0.850 bits per heavy atom. The summed E-state index contributed by atoms with van der Waals surface area (Å²) in [6, 6.07) is 15.4. The first-order chi connectivity index (χ1) is 19.2. The van der Waals surface area contributed by atoms with Gasteiger partial charge in [-0.1, -0.05) is 42.5 Å². The van der Waals surface area contributed by atoms with Gasteiger partial charge in [-0.15, -0.1) is 0 Å². The van der Waals surface area contributed by atoms with Gasteiger partial charge in [-0.05, 0) is 50.5 Å². The fraction of sp³-hybridized carbons (Fsp3) is 0.483. The van der Waals surface area contributed by atoms with Gasteiger partial charge < -0.3 is 41.0 Å². The molecule has 3 amide bonds. The number of ether oxygens (including phenoxy) is 3. The average Bonchev–Trinajstić information content (AvgIpc) is 2.93. The summed E-state index contributed by atoms with van der Waals surface area (Å²) in [5, 5.41) is 18.2. The lowest BCUT2D eigenvalue weighted by molar-refractivity contribution is -0.134. The molecule has 0 radical (unpaired) electrons. The number of carbonyl (C=O) groups is 3. The van der Waals surface area contributed by atoms with E-state index in [1.54, 1.807) is 0 Å². The van der Waals surface area contributed by atoms with Gasteiger partial charge in [-0.3, -0.25) is 14.4 Å². The van der Waals surface area contributed by atoms with Crippen LogP contribution < -0.4 is 26.4 Å². The second-order valence-electron chi connectivity index (χ2n) is 9.64. The summed E-state index contributed by atoms with van der Waals surface area (Å²) >= 11 is 0. The summed E-state index contributed by atoms with van der Waals surface area (Å²) in [5.41, 5.74) is 7.96. The van der Waals surface area contributed by atoms with Gasteiger partial charge in [0.1, 0.15) is 31.1 Å². The highest BCUT2D eigenvalue weighted by molar-refractivity contribution is 5.89. The lowest BCUT2D eigenvalue weighted by atomic mass is 10.0. The van der Waals surface area contributed by atoms with Crippen molar-refractivity contribution < 1.29 is 33.7 Å². The highest BCUT2D eigenvalue weighted by Gasteiger charge is 2.26. The number of hydrogen-bond donors (Lipinski definition) is 5. The molecule has 0 unspecified atom stereocenters. The molecule has 0 aliphatic heterocycles. The highest BCUT2D eigenvalue weighted by Crippen LogP contribution is 2.15. The van der Waals surface area contributed by atoms with E-state index in [0.717, 1.165) is 11.1 Å².